The second kappa shape index (κ2) is 5.27. The second-order valence-electron chi connectivity index (χ2n) is 4.95. The Morgan fingerprint density at radius 3 is 2.67 bits per heavy atom. The van der Waals surface area contributed by atoms with Crippen LogP contribution >= 0.6 is 15.9 Å². The number of piperidine rings is 1. The average molecular weight is 305 g/mol. The lowest BCUT2D eigenvalue weighted by atomic mass is 9.99. The lowest BCUT2D eigenvalue weighted by Crippen LogP contribution is -2.34. The molecule has 2 heterocycles. The molecule has 0 bridgehead atoms. The minimum atomic E-state index is 0.835. The van der Waals surface area contributed by atoms with E-state index in [1.807, 2.05) is 0 Å². The second-order valence-corrected chi connectivity index (χ2v) is 5.59. The Labute approximate surface area is 116 Å². The maximum atomic E-state index is 4.76. The van der Waals surface area contributed by atoms with Gasteiger partial charge in [-0.15, -0.1) is 0 Å². The largest absolute Gasteiger partial charge is 0.357 e. The Kier molecular flexibility index (Phi) is 3.50. The molecule has 0 amide bonds. The smallest absolute Gasteiger partial charge is 0.129 e. The first-order valence-electron chi connectivity index (χ1n) is 6.53. The van der Waals surface area contributed by atoms with Gasteiger partial charge in [0.05, 0.1) is 5.52 Å². The van der Waals surface area contributed by atoms with E-state index >= 15 is 0 Å². The maximum absolute atomic E-state index is 4.76. The Balaban J connectivity index is 1.82. The van der Waals surface area contributed by atoms with Gasteiger partial charge in [0.25, 0.3) is 0 Å². The van der Waals surface area contributed by atoms with Crippen LogP contribution in [0.25, 0.3) is 10.9 Å². The van der Waals surface area contributed by atoms with Crippen molar-refractivity contribution in [3.8, 4) is 0 Å². The van der Waals surface area contributed by atoms with Gasteiger partial charge in [0.15, 0.2) is 0 Å². The molecule has 3 heteroatoms. The van der Waals surface area contributed by atoms with E-state index in [1.54, 1.807) is 0 Å². The minimum absolute atomic E-state index is 0.835. The van der Waals surface area contributed by atoms with E-state index in [0.717, 1.165) is 35.7 Å². The molecule has 0 unspecified atom stereocenters. The topological polar surface area (TPSA) is 16.1 Å². The lowest BCUT2D eigenvalue weighted by Gasteiger charge is -2.32. The van der Waals surface area contributed by atoms with Crippen LogP contribution in [-0.2, 0) is 0 Å². The lowest BCUT2D eigenvalue weighted by molar-refractivity contribution is 0.445. The van der Waals surface area contributed by atoms with Gasteiger partial charge in [-0.05, 0) is 37.0 Å². The molecule has 0 atom stereocenters. The predicted octanol–water partition coefficient (Wildman–Crippen LogP) is 3.85. The Bertz CT molecular complexity index is 533. The summed E-state index contributed by atoms with van der Waals surface area (Å²) in [6, 6.07) is 12.6. The van der Waals surface area contributed by atoms with Crippen LogP contribution in [0.1, 0.15) is 12.8 Å². The van der Waals surface area contributed by atoms with Gasteiger partial charge in [-0.1, -0.05) is 34.1 Å². The number of fused-ring (bicyclic) bond motifs is 1. The van der Waals surface area contributed by atoms with Crippen molar-refractivity contribution in [2.75, 3.05) is 23.3 Å². The summed E-state index contributed by atoms with van der Waals surface area (Å²) >= 11 is 3.59. The summed E-state index contributed by atoms with van der Waals surface area (Å²) < 4.78 is 0. The maximum Gasteiger partial charge on any atom is 0.129 e. The zero-order valence-electron chi connectivity index (χ0n) is 10.3. The van der Waals surface area contributed by atoms with Gasteiger partial charge in [0, 0.05) is 23.8 Å². The number of hydrogen-bond acceptors (Lipinski definition) is 2. The molecule has 1 aliphatic heterocycles. The van der Waals surface area contributed by atoms with E-state index in [9.17, 15) is 0 Å². The monoisotopic (exact) mass is 304 g/mol. The van der Waals surface area contributed by atoms with Crippen LogP contribution in [0, 0.1) is 5.92 Å². The number of benzene rings is 1. The van der Waals surface area contributed by atoms with Crippen LogP contribution in [-0.4, -0.2) is 23.4 Å². The van der Waals surface area contributed by atoms with Gasteiger partial charge in [-0.2, -0.15) is 0 Å². The van der Waals surface area contributed by atoms with Crippen molar-refractivity contribution in [2.24, 2.45) is 5.92 Å². The van der Waals surface area contributed by atoms with Gasteiger partial charge in [-0.3, -0.25) is 0 Å². The number of anilines is 1. The highest BCUT2D eigenvalue weighted by Crippen LogP contribution is 2.24. The highest BCUT2D eigenvalue weighted by Gasteiger charge is 2.19. The fraction of sp³-hybridized carbons (Fsp3) is 0.400. The van der Waals surface area contributed by atoms with E-state index in [1.165, 1.54) is 18.2 Å². The number of hydrogen-bond donors (Lipinski definition) is 0. The summed E-state index contributed by atoms with van der Waals surface area (Å²) in [6.07, 6.45) is 2.53. The van der Waals surface area contributed by atoms with Crippen LogP contribution in [0.2, 0.25) is 0 Å². The first-order valence-corrected chi connectivity index (χ1v) is 7.65. The number of halogens is 1. The SMILES string of the molecule is BrCC1CCN(c2ccc3ccccc3n2)CC1. The number of nitrogens with zero attached hydrogens (tertiary/aromatic N) is 2. The summed E-state index contributed by atoms with van der Waals surface area (Å²) in [7, 11) is 0. The molecule has 0 N–H and O–H groups in total. The zero-order valence-corrected chi connectivity index (χ0v) is 11.9. The highest BCUT2D eigenvalue weighted by atomic mass is 79.9. The number of para-hydroxylation sites is 1. The summed E-state index contributed by atoms with van der Waals surface area (Å²) in [4.78, 5) is 7.17. The third-order valence-corrected chi connectivity index (χ3v) is 4.66. The van der Waals surface area contributed by atoms with Gasteiger partial charge in [-0.25, -0.2) is 4.98 Å². The van der Waals surface area contributed by atoms with Crippen LogP contribution in [0.15, 0.2) is 36.4 Å². The van der Waals surface area contributed by atoms with Crippen molar-refractivity contribution < 1.29 is 0 Å². The van der Waals surface area contributed by atoms with Crippen LogP contribution in [0.5, 0.6) is 0 Å². The third kappa shape index (κ3) is 2.37. The molecular weight excluding hydrogens is 288 g/mol. The zero-order chi connectivity index (χ0) is 12.4. The molecule has 94 valence electrons. The van der Waals surface area contributed by atoms with Crippen molar-refractivity contribution >= 4 is 32.7 Å². The normalized spacial score (nSPS) is 17.3. The molecule has 1 fully saturated rings. The minimum Gasteiger partial charge on any atom is -0.357 e. The molecule has 0 aliphatic carbocycles. The molecule has 2 nitrogen and oxygen atoms in total. The number of alkyl halides is 1. The van der Waals surface area contributed by atoms with Gasteiger partial charge in [0.1, 0.15) is 5.82 Å². The Morgan fingerprint density at radius 1 is 1.11 bits per heavy atom. The van der Waals surface area contributed by atoms with Gasteiger partial charge < -0.3 is 4.90 Å². The first-order chi connectivity index (χ1) is 8.86. The quantitative estimate of drug-likeness (QED) is 0.784. The molecule has 0 spiro atoms. The van der Waals surface area contributed by atoms with E-state index in [4.69, 9.17) is 4.98 Å². The molecule has 1 aromatic heterocycles. The van der Waals surface area contributed by atoms with Crippen molar-refractivity contribution in [3.63, 3.8) is 0 Å². The van der Waals surface area contributed by atoms with Crippen LogP contribution in [0.3, 0.4) is 0 Å². The van der Waals surface area contributed by atoms with E-state index in [-0.39, 0.29) is 0 Å². The van der Waals surface area contributed by atoms with Crippen LogP contribution < -0.4 is 4.90 Å². The fourth-order valence-corrected chi connectivity index (χ4v) is 3.20. The first kappa shape index (κ1) is 12.0. The van der Waals surface area contributed by atoms with Crippen molar-refractivity contribution in [2.45, 2.75) is 12.8 Å². The predicted molar refractivity (Wildman–Crippen MR) is 80.5 cm³/mol. The molecule has 0 saturated carbocycles. The van der Waals surface area contributed by atoms with Gasteiger partial charge >= 0.3 is 0 Å². The van der Waals surface area contributed by atoms with Crippen LogP contribution in [0.4, 0.5) is 5.82 Å². The van der Waals surface area contributed by atoms with E-state index in [2.05, 4.69) is 57.2 Å². The average Bonchev–Trinajstić information content (AvgIpc) is 2.47. The summed E-state index contributed by atoms with van der Waals surface area (Å²) in [6.45, 7) is 2.25. The Morgan fingerprint density at radius 2 is 1.89 bits per heavy atom. The molecule has 1 aliphatic rings. The highest BCUT2D eigenvalue weighted by molar-refractivity contribution is 9.09. The molecule has 1 saturated heterocycles. The fourth-order valence-electron chi connectivity index (χ4n) is 2.55. The molecular formula is C15H17BrN2. The molecule has 1 aromatic carbocycles. The van der Waals surface area contributed by atoms with E-state index < -0.39 is 0 Å². The molecule has 2 aromatic rings. The summed E-state index contributed by atoms with van der Waals surface area (Å²) in [5.41, 5.74) is 1.10. The molecule has 18 heavy (non-hydrogen) atoms. The molecule has 0 radical (unpaired) electrons. The van der Waals surface area contributed by atoms with Gasteiger partial charge in [0.2, 0.25) is 0 Å². The number of rotatable bonds is 2. The molecule has 3 rings (SSSR count). The van der Waals surface area contributed by atoms with Crippen molar-refractivity contribution in [1.29, 1.82) is 0 Å². The Hall–Kier alpha value is -1.09. The van der Waals surface area contributed by atoms with E-state index in [0.29, 0.717) is 0 Å². The number of aromatic nitrogens is 1. The summed E-state index contributed by atoms with van der Waals surface area (Å²) in [5, 5.41) is 2.35. The summed E-state index contributed by atoms with van der Waals surface area (Å²) in [5.74, 6) is 1.96. The van der Waals surface area contributed by atoms with Crippen molar-refractivity contribution in [3.05, 3.63) is 36.4 Å². The van der Waals surface area contributed by atoms with Crippen molar-refractivity contribution in [1.82, 2.24) is 4.98 Å². The third-order valence-electron chi connectivity index (χ3n) is 3.74. The number of pyridine rings is 1. The standard InChI is InChI=1S/C15H17BrN2/c16-11-12-7-9-18(10-8-12)15-6-5-13-3-1-2-4-14(13)17-15/h1-6,12H,7-11H2.